The smallest absolute Gasteiger partial charge is 0.305 e. The van der Waals surface area contributed by atoms with Crippen LogP contribution in [-0.2, 0) is 19.1 Å². The quantitative estimate of drug-likeness (QED) is 0.0504. The van der Waals surface area contributed by atoms with E-state index in [0.717, 1.165) is 83.6 Å². The van der Waals surface area contributed by atoms with Gasteiger partial charge in [0.05, 0.1) is 13.2 Å². The summed E-state index contributed by atoms with van der Waals surface area (Å²) < 4.78 is 11.1. The van der Waals surface area contributed by atoms with Crippen LogP contribution in [0.4, 0.5) is 0 Å². The molecule has 0 radical (unpaired) electrons. The first kappa shape index (κ1) is 48.9. The van der Waals surface area contributed by atoms with Crippen molar-refractivity contribution in [2.45, 2.75) is 220 Å². The van der Waals surface area contributed by atoms with Gasteiger partial charge in [-0.15, -0.1) is 0 Å². The first-order valence-corrected chi connectivity index (χ1v) is 22.3. The van der Waals surface area contributed by atoms with Gasteiger partial charge in [-0.3, -0.25) is 9.59 Å². The minimum Gasteiger partial charge on any atom is -0.466 e. The highest BCUT2D eigenvalue weighted by Crippen LogP contribution is 2.22. The second-order valence-electron chi connectivity index (χ2n) is 15.2. The Balaban J connectivity index is 3.96. The highest BCUT2D eigenvalue weighted by atomic mass is 16.5. The summed E-state index contributed by atoms with van der Waals surface area (Å²) in [6.45, 7) is 15.7. The third-order valence-electron chi connectivity index (χ3n) is 10.2. The van der Waals surface area contributed by atoms with E-state index in [1.165, 1.54) is 135 Å². The molecule has 0 atom stereocenters. The van der Waals surface area contributed by atoms with Crippen molar-refractivity contribution >= 4 is 11.9 Å². The van der Waals surface area contributed by atoms with Gasteiger partial charge in [0.15, 0.2) is 0 Å². The normalized spacial score (nSPS) is 11.6. The van der Waals surface area contributed by atoms with E-state index in [1.54, 1.807) is 0 Å². The summed E-state index contributed by atoms with van der Waals surface area (Å²) in [6, 6.07) is 0. The van der Waals surface area contributed by atoms with Gasteiger partial charge in [0, 0.05) is 25.9 Å². The lowest BCUT2D eigenvalue weighted by molar-refractivity contribution is -0.144. The van der Waals surface area contributed by atoms with Crippen LogP contribution < -0.4 is 5.32 Å². The fourth-order valence-electron chi connectivity index (χ4n) is 6.89. The Labute approximate surface area is 312 Å². The molecule has 0 fully saturated rings. The van der Waals surface area contributed by atoms with Crippen molar-refractivity contribution in [3.8, 4) is 0 Å². The Bertz CT molecular complexity index is 694. The van der Waals surface area contributed by atoms with Gasteiger partial charge in [-0.2, -0.15) is 0 Å². The lowest BCUT2D eigenvalue weighted by atomic mass is 9.91. The van der Waals surface area contributed by atoms with Crippen molar-refractivity contribution in [3.05, 3.63) is 0 Å². The molecule has 0 bridgehead atoms. The van der Waals surface area contributed by atoms with Crippen molar-refractivity contribution in [1.82, 2.24) is 10.2 Å². The Kier molecular flexibility index (Phi) is 39.7. The lowest BCUT2D eigenvalue weighted by Gasteiger charge is -2.22. The van der Waals surface area contributed by atoms with E-state index >= 15 is 0 Å². The third kappa shape index (κ3) is 36.6. The number of hydrogen-bond acceptors (Lipinski definition) is 6. The standard InChI is InChI=1S/C44H88N2O4/c1-5-9-12-13-14-15-16-20-28-40-49-43(47)34-25-21-27-38-46(39-36-45-35-8-4)37-26-19-17-18-24-33-44(48)50-41-29-32-42(30-22-10-6-2)31-23-11-7-3/h42,45H,5-41H2,1-4H3. The van der Waals surface area contributed by atoms with Crippen LogP contribution in [0.25, 0.3) is 0 Å². The van der Waals surface area contributed by atoms with E-state index in [9.17, 15) is 9.59 Å². The summed E-state index contributed by atoms with van der Waals surface area (Å²) in [7, 11) is 0. The number of nitrogens with one attached hydrogen (secondary N) is 1. The van der Waals surface area contributed by atoms with Crippen molar-refractivity contribution in [1.29, 1.82) is 0 Å². The molecule has 298 valence electrons. The van der Waals surface area contributed by atoms with E-state index in [0.29, 0.717) is 26.1 Å². The summed E-state index contributed by atoms with van der Waals surface area (Å²) >= 11 is 0. The number of unbranched alkanes of at least 4 members (excludes halogenated alkanes) is 18. The van der Waals surface area contributed by atoms with Crippen molar-refractivity contribution in [2.75, 3.05) is 45.9 Å². The fourth-order valence-corrected chi connectivity index (χ4v) is 6.89. The highest BCUT2D eigenvalue weighted by molar-refractivity contribution is 5.69. The summed E-state index contributed by atoms with van der Waals surface area (Å²) in [5.74, 6) is 0.791. The summed E-state index contributed by atoms with van der Waals surface area (Å²) in [6.07, 6.45) is 35.5. The fraction of sp³-hybridized carbons (Fsp3) is 0.955. The van der Waals surface area contributed by atoms with Gasteiger partial charge < -0.3 is 19.7 Å². The van der Waals surface area contributed by atoms with Crippen molar-refractivity contribution < 1.29 is 19.1 Å². The minimum absolute atomic E-state index is 0.00339. The van der Waals surface area contributed by atoms with Crippen LogP contribution in [0.1, 0.15) is 220 Å². The lowest BCUT2D eigenvalue weighted by Crippen LogP contribution is -2.34. The van der Waals surface area contributed by atoms with Crippen LogP contribution in [0.2, 0.25) is 0 Å². The van der Waals surface area contributed by atoms with Crippen LogP contribution in [-0.4, -0.2) is 62.8 Å². The van der Waals surface area contributed by atoms with Gasteiger partial charge in [-0.25, -0.2) is 0 Å². The molecule has 0 rings (SSSR count). The maximum atomic E-state index is 12.3. The Morgan fingerprint density at radius 1 is 0.440 bits per heavy atom. The molecule has 50 heavy (non-hydrogen) atoms. The summed E-state index contributed by atoms with van der Waals surface area (Å²) in [4.78, 5) is 27.0. The van der Waals surface area contributed by atoms with Gasteiger partial charge >= 0.3 is 11.9 Å². The zero-order valence-corrected chi connectivity index (χ0v) is 34.3. The van der Waals surface area contributed by atoms with Gasteiger partial charge in [0.2, 0.25) is 0 Å². The van der Waals surface area contributed by atoms with Crippen LogP contribution in [0.3, 0.4) is 0 Å². The molecule has 6 heteroatoms. The molecule has 0 aliphatic carbocycles. The monoisotopic (exact) mass is 709 g/mol. The largest absolute Gasteiger partial charge is 0.466 e. The van der Waals surface area contributed by atoms with Gasteiger partial charge in [0.25, 0.3) is 0 Å². The SMILES string of the molecule is CCCCCCCCCCCOC(=O)CCCCCN(CCCCCCCC(=O)OCCCC(CCCCC)CCCCC)CCNCCC. The number of ether oxygens (including phenoxy) is 2. The first-order valence-electron chi connectivity index (χ1n) is 22.3. The molecule has 0 amide bonds. The number of esters is 2. The second kappa shape index (κ2) is 40.6. The van der Waals surface area contributed by atoms with Crippen LogP contribution >= 0.6 is 0 Å². The van der Waals surface area contributed by atoms with Crippen LogP contribution in [0, 0.1) is 5.92 Å². The van der Waals surface area contributed by atoms with E-state index in [2.05, 4.69) is 37.9 Å². The number of carbonyl (C=O) groups excluding carboxylic acids is 2. The summed E-state index contributed by atoms with van der Waals surface area (Å²) in [5, 5.41) is 3.55. The van der Waals surface area contributed by atoms with Gasteiger partial charge in [-0.05, 0) is 76.9 Å². The van der Waals surface area contributed by atoms with E-state index in [4.69, 9.17) is 9.47 Å². The molecule has 0 aromatic rings. The molecule has 0 aromatic heterocycles. The first-order chi connectivity index (χ1) is 24.6. The zero-order chi connectivity index (χ0) is 36.6. The number of rotatable bonds is 41. The van der Waals surface area contributed by atoms with E-state index in [-0.39, 0.29) is 11.9 Å². The highest BCUT2D eigenvalue weighted by Gasteiger charge is 2.10. The predicted molar refractivity (Wildman–Crippen MR) is 216 cm³/mol. The number of nitrogens with zero attached hydrogens (tertiary/aromatic N) is 1. The van der Waals surface area contributed by atoms with Crippen LogP contribution in [0.5, 0.6) is 0 Å². The number of hydrogen-bond donors (Lipinski definition) is 1. The average molecular weight is 709 g/mol. The van der Waals surface area contributed by atoms with Gasteiger partial charge in [0.1, 0.15) is 0 Å². The Morgan fingerprint density at radius 2 is 0.860 bits per heavy atom. The molecule has 0 aliphatic rings. The van der Waals surface area contributed by atoms with E-state index < -0.39 is 0 Å². The topological polar surface area (TPSA) is 67.9 Å². The molecule has 0 aliphatic heterocycles. The van der Waals surface area contributed by atoms with Crippen LogP contribution in [0.15, 0.2) is 0 Å². The molecule has 0 saturated carbocycles. The zero-order valence-electron chi connectivity index (χ0n) is 34.3. The second-order valence-corrected chi connectivity index (χ2v) is 15.2. The maximum Gasteiger partial charge on any atom is 0.305 e. The maximum absolute atomic E-state index is 12.3. The molecule has 6 nitrogen and oxygen atoms in total. The molecular formula is C44H88N2O4. The third-order valence-corrected chi connectivity index (χ3v) is 10.2. The molecular weight excluding hydrogens is 620 g/mol. The molecule has 0 aromatic carbocycles. The van der Waals surface area contributed by atoms with Gasteiger partial charge in [-0.1, -0.05) is 156 Å². The molecule has 0 heterocycles. The Morgan fingerprint density at radius 3 is 1.40 bits per heavy atom. The molecule has 0 unspecified atom stereocenters. The predicted octanol–water partition coefficient (Wildman–Crippen LogP) is 12.4. The molecule has 1 N–H and O–H groups in total. The van der Waals surface area contributed by atoms with Crippen molar-refractivity contribution in [2.24, 2.45) is 5.92 Å². The summed E-state index contributed by atoms with van der Waals surface area (Å²) in [5.41, 5.74) is 0. The van der Waals surface area contributed by atoms with E-state index in [1.807, 2.05) is 0 Å². The molecule has 0 saturated heterocycles. The number of carbonyl (C=O) groups is 2. The molecule has 0 spiro atoms. The minimum atomic E-state index is -0.0158. The Hall–Kier alpha value is -1.14. The average Bonchev–Trinajstić information content (AvgIpc) is 3.11. The van der Waals surface area contributed by atoms with Crippen molar-refractivity contribution in [3.63, 3.8) is 0 Å².